The number of hydrogen-bond acceptors (Lipinski definition) is 6. The third-order valence-electron chi connectivity index (χ3n) is 5.81. The van der Waals surface area contributed by atoms with Crippen molar-refractivity contribution in [2.75, 3.05) is 0 Å². The molecule has 1 aliphatic rings. The zero-order valence-corrected chi connectivity index (χ0v) is 16.9. The van der Waals surface area contributed by atoms with Gasteiger partial charge in [0.1, 0.15) is 11.4 Å². The topological polar surface area (TPSA) is 105 Å². The van der Waals surface area contributed by atoms with Crippen molar-refractivity contribution in [1.29, 1.82) is 0 Å². The Labute approximate surface area is 178 Å². The van der Waals surface area contributed by atoms with E-state index in [2.05, 4.69) is 41.2 Å². The normalized spacial score (nSPS) is 15.0. The van der Waals surface area contributed by atoms with E-state index in [1.807, 2.05) is 30.6 Å². The minimum absolute atomic E-state index is 0.286. The Morgan fingerprint density at radius 3 is 2.74 bits per heavy atom. The van der Waals surface area contributed by atoms with Crippen molar-refractivity contribution in [2.45, 2.75) is 38.2 Å². The first kappa shape index (κ1) is 18.0. The number of nitrogens with one attached hydrogen (secondary N) is 2. The Bertz CT molecular complexity index is 1330. The van der Waals surface area contributed by atoms with Gasteiger partial charge in [-0.25, -0.2) is 15.0 Å². The molecule has 5 heterocycles. The van der Waals surface area contributed by atoms with Crippen LogP contribution in [0.4, 0.5) is 0 Å². The van der Waals surface area contributed by atoms with Gasteiger partial charge in [0.15, 0.2) is 17.1 Å². The summed E-state index contributed by atoms with van der Waals surface area (Å²) in [6.07, 6.45) is 13.5. The summed E-state index contributed by atoms with van der Waals surface area (Å²) in [5.74, 6) is 1.49. The predicted octanol–water partition coefficient (Wildman–Crippen LogP) is 4.67. The second kappa shape index (κ2) is 7.46. The van der Waals surface area contributed by atoms with Crippen molar-refractivity contribution in [3.8, 4) is 28.4 Å². The van der Waals surface area contributed by atoms with E-state index in [0.29, 0.717) is 17.1 Å². The molecule has 0 aliphatic heterocycles. The summed E-state index contributed by atoms with van der Waals surface area (Å²) < 4.78 is 6.19. The lowest BCUT2D eigenvalue weighted by molar-refractivity contribution is 0.154. The van der Waals surface area contributed by atoms with Crippen LogP contribution in [-0.2, 0) is 0 Å². The lowest BCUT2D eigenvalue weighted by atomic mass is 9.98. The zero-order chi connectivity index (χ0) is 20.6. The van der Waals surface area contributed by atoms with E-state index in [4.69, 9.17) is 4.74 Å². The molecule has 0 amide bonds. The highest BCUT2D eigenvalue weighted by Crippen LogP contribution is 2.30. The number of ether oxygens (including phenoxy) is 1. The molecule has 6 rings (SSSR count). The van der Waals surface area contributed by atoms with Gasteiger partial charge in [0.05, 0.1) is 23.2 Å². The molecule has 8 heteroatoms. The van der Waals surface area contributed by atoms with Crippen LogP contribution < -0.4 is 4.74 Å². The first-order valence-electron chi connectivity index (χ1n) is 10.6. The fourth-order valence-electron chi connectivity index (χ4n) is 4.22. The first-order valence-corrected chi connectivity index (χ1v) is 10.6. The molecule has 5 aromatic rings. The number of rotatable bonds is 4. The predicted molar refractivity (Wildman–Crippen MR) is 118 cm³/mol. The fraction of sp³-hybridized carbons (Fsp3) is 0.261. The Morgan fingerprint density at radius 2 is 1.84 bits per heavy atom. The Morgan fingerprint density at radius 1 is 0.935 bits per heavy atom. The molecule has 1 saturated carbocycles. The number of aromatic nitrogens is 7. The first-order chi connectivity index (χ1) is 15.3. The molecular formula is C23H21N7O. The van der Waals surface area contributed by atoms with Crippen LogP contribution in [0.5, 0.6) is 5.75 Å². The average molecular weight is 411 g/mol. The highest BCUT2D eigenvalue weighted by Gasteiger charge is 2.17. The SMILES string of the molecule is c1cnc2nc(-c3[nH]nc4ncc(-c5cncc(OC6CCCCC6)c5)cc34)[nH]c2c1. The van der Waals surface area contributed by atoms with Gasteiger partial charge in [0.25, 0.3) is 0 Å². The minimum atomic E-state index is 0.286. The Hall–Kier alpha value is -3.81. The quantitative estimate of drug-likeness (QED) is 0.445. The molecule has 0 aromatic carbocycles. The van der Waals surface area contributed by atoms with E-state index < -0.39 is 0 Å². The van der Waals surface area contributed by atoms with Gasteiger partial charge in [0.2, 0.25) is 0 Å². The van der Waals surface area contributed by atoms with Crippen molar-refractivity contribution in [2.24, 2.45) is 0 Å². The summed E-state index contributed by atoms with van der Waals surface area (Å²) in [7, 11) is 0. The van der Waals surface area contributed by atoms with Crippen molar-refractivity contribution in [3.63, 3.8) is 0 Å². The number of fused-ring (bicyclic) bond motifs is 2. The molecular weight excluding hydrogens is 390 g/mol. The van der Waals surface area contributed by atoms with Crippen LogP contribution in [0, 0.1) is 0 Å². The van der Waals surface area contributed by atoms with Gasteiger partial charge in [-0.3, -0.25) is 10.1 Å². The fourth-order valence-corrected chi connectivity index (χ4v) is 4.22. The molecule has 154 valence electrons. The zero-order valence-electron chi connectivity index (χ0n) is 16.9. The molecule has 0 atom stereocenters. The molecule has 0 bridgehead atoms. The second-order valence-corrected chi connectivity index (χ2v) is 7.94. The molecule has 1 aliphatic carbocycles. The third-order valence-corrected chi connectivity index (χ3v) is 5.81. The van der Waals surface area contributed by atoms with E-state index >= 15 is 0 Å². The Kier molecular flexibility index (Phi) is 4.33. The standard InChI is InChI=1S/C23H21N7O/c1-2-5-16(6-3-1)31-17-9-14(11-24-13-17)15-10-18-20(29-30-21(18)26-12-15)23-27-19-7-4-8-25-22(19)28-23/h4,7-13,16H,1-3,5-6H2,(H,25,27,28)(H,26,29,30). The van der Waals surface area contributed by atoms with Crippen molar-refractivity contribution in [3.05, 3.63) is 49.1 Å². The van der Waals surface area contributed by atoms with Crippen LogP contribution in [0.3, 0.4) is 0 Å². The van der Waals surface area contributed by atoms with Gasteiger partial charge in [-0.15, -0.1) is 0 Å². The van der Waals surface area contributed by atoms with Crippen LogP contribution in [-0.4, -0.2) is 41.2 Å². The number of pyridine rings is 3. The van der Waals surface area contributed by atoms with Crippen LogP contribution >= 0.6 is 0 Å². The highest BCUT2D eigenvalue weighted by molar-refractivity contribution is 5.93. The maximum absolute atomic E-state index is 6.19. The van der Waals surface area contributed by atoms with Crippen LogP contribution in [0.25, 0.3) is 44.8 Å². The highest BCUT2D eigenvalue weighted by atomic mass is 16.5. The van der Waals surface area contributed by atoms with Crippen molar-refractivity contribution >= 4 is 22.2 Å². The van der Waals surface area contributed by atoms with Gasteiger partial charge in [-0.1, -0.05) is 6.42 Å². The summed E-state index contributed by atoms with van der Waals surface area (Å²) >= 11 is 0. The van der Waals surface area contributed by atoms with Crippen LogP contribution in [0.2, 0.25) is 0 Å². The van der Waals surface area contributed by atoms with Gasteiger partial charge in [0, 0.05) is 29.7 Å². The molecule has 5 aromatic heterocycles. The average Bonchev–Trinajstić information content (AvgIpc) is 3.43. The van der Waals surface area contributed by atoms with E-state index in [9.17, 15) is 0 Å². The van der Waals surface area contributed by atoms with Gasteiger partial charge >= 0.3 is 0 Å². The summed E-state index contributed by atoms with van der Waals surface area (Å²) in [5, 5.41) is 8.28. The number of aromatic amines is 2. The number of nitrogens with zero attached hydrogens (tertiary/aromatic N) is 5. The molecule has 2 N–H and O–H groups in total. The van der Waals surface area contributed by atoms with E-state index in [1.54, 1.807) is 12.4 Å². The lowest BCUT2D eigenvalue weighted by Crippen LogP contribution is -2.19. The summed E-state index contributed by atoms with van der Waals surface area (Å²) in [4.78, 5) is 21.1. The number of H-pyrrole nitrogens is 2. The van der Waals surface area contributed by atoms with Crippen molar-refractivity contribution in [1.82, 2.24) is 35.1 Å². The summed E-state index contributed by atoms with van der Waals surface area (Å²) in [6, 6.07) is 7.92. The van der Waals surface area contributed by atoms with Crippen molar-refractivity contribution < 1.29 is 4.74 Å². The summed E-state index contributed by atoms with van der Waals surface area (Å²) in [6.45, 7) is 0. The van der Waals surface area contributed by atoms with E-state index in [-0.39, 0.29) is 6.10 Å². The van der Waals surface area contributed by atoms with E-state index in [0.717, 1.165) is 46.3 Å². The molecule has 0 radical (unpaired) electrons. The molecule has 8 nitrogen and oxygen atoms in total. The molecule has 0 spiro atoms. The van der Waals surface area contributed by atoms with Crippen LogP contribution in [0.1, 0.15) is 32.1 Å². The Balaban J connectivity index is 1.36. The monoisotopic (exact) mass is 411 g/mol. The molecule has 1 fully saturated rings. The largest absolute Gasteiger partial charge is 0.489 e. The van der Waals surface area contributed by atoms with Gasteiger partial charge in [-0.2, -0.15) is 5.10 Å². The smallest absolute Gasteiger partial charge is 0.181 e. The molecule has 0 saturated heterocycles. The second-order valence-electron chi connectivity index (χ2n) is 7.94. The number of hydrogen-bond donors (Lipinski definition) is 2. The van der Waals surface area contributed by atoms with E-state index in [1.165, 1.54) is 19.3 Å². The van der Waals surface area contributed by atoms with Gasteiger partial charge in [-0.05, 0) is 49.9 Å². The molecule has 0 unspecified atom stereocenters. The summed E-state index contributed by atoms with van der Waals surface area (Å²) in [5.41, 5.74) is 4.87. The van der Waals surface area contributed by atoms with Gasteiger partial charge < -0.3 is 9.72 Å². The maximum atomic E-state index is 6.19. The molecule has 31 heavy (non-hydrogen) atoms. The third kappa shape index (κ3) is 3.39. The lowest BCUT2D eigenvalue weighted by Gasteiger charge is -2.23. The minimum Gasteiger partial charge on any atom is -0.489 e. The number of imidazole rings is 1. The van der Waals surface area contributed by atoms with Crippen LogP contribution in [0.15, 0.2) is 49.1 Å². The maximum Gasteiger partial charge on any atom is 0.181 e.